The molecular formula is C19H22F3N3O3. The number of rotatable bonds is 5. The summed E-state index contributed by atoms with van der Waals surface area (Å²) in [6, 6.07) is 4.32. The van der Waals surface area contributed by atoms with Gasteiger partial charge in [0.05, 0.1) is 11.3 Å². The van der Waals surface area contributed by atoms with Crippen molar-refractivity contribution in [2.24, 2.45) is 0 Å². The van der Waals surface area contributed by atoms with Gasteiger partial charge in [-0.2, -0.15) is 13.2 Å². The van der Waals surface area contributed by atoms with Gasteiger partial charge in [-0.25, -0.2) is 0 Å². The fourth-order valence-electron chi connectivity index (χ4n) is 3.08. The number of carbonyl (C=O) groups is 1. The molecule has 3 rings (SSSR count). The van der Waals surface area contributed by atoms with Gasteiger partial charge >= 0.3 is 6.18 Å². The van der Waals surface area contributed by atoms with Crippen LogP contribution in [-0.2, 0) is 17.5 Å². The van der Waals surface area contributed by atoms with E-state index in [0.29, 0.717) is 13.1 Å². The summed E-state index contributed by atoms with van der Waals surface area (Å²) in [5, 5.41) is 3.95. The number of aromatic nitrogens is 1. The van der Waals surface area contributed by atoms with Crippen molar-refractivity contribution in [1.82, 2.24) is 15.0 Å². The maximum atomic E-state index is 12.6. The summed E-state index contributed by atoms with van der Waals surface area (Å²) in [6.45, 7) is 6.89. The molecule has 2 heterocycles. The lowest BCUT2D eigenvalue weighted by molar-refractivity contribution is -0.138. The zero-order valence-electron chi connectivity index (χ0n) is 15.8. The molecule has 0 aliphatic carbocycles. The Labute approximate surface area is 160 Å². The van der Waals surface area contributed by atoms with E-state index in [1.807, 2.05) is 13.8 Å². The molecule has 6 nitrogen and oxygen atoms in total. The predicted octanol–water partition coefficient (Wildman–Crippen LogP) is 3.03. The molecule has 2 aromatic rings. The second kappa shape index (κ2) is 8.22. The van der Waals surface area contributed by atoms with E-state index in [-0.39, 0.29) is 18.3 Å². The number of benzene rings is 1. The van der Waals surface area contributed by atoms with Gasteiger partial charge in [0.15, 0.2) is 6.61 Å². The molecule has 1 aliphatic rings. The van der Waals surface area contributed by atoms with Gasteiger partial charge in [-0.1, -0.05) is 5.16 Å². The Balaban J connectivity index is 1.45. The zero-order chi connectivity index (χ0) is 20.3. The third-order valence-electron chi connectivity index (χ3n) is 4.83. The monoisotopic (exact) mass is 397 g/mol. The van der Waals surface area contributed by atoms with E-state index in [0.717, 1.165) is 48.8 Å². The molecule has 28 heavy (non-hydrogen) atoms. The number of alkyl halides is 3. The van der Waals surface area contributed by atoms with Crippen LogP contribution in [-0.4, -0.2) is 53.6 Å². The summed E-state index contributed by atoms with van der Waals surface area (Å²) < 4.78 is 48.2. The Morgan fingerprint density at radius 3 is 2.32 bits per heavy atom. The van der Waals surface area contributed by atoms with Gasteiger partial charge in [-0.05, 0) is 38.1 Å². The molecule has 1 aromatic carbocycles. The first-order valence-electron chi connectivity index (χ1n) is 8.96. The minimum absolute atomic E-state index is 0.183. The summed E-state index contributed by atoms with van der Waals surface area (Å²) in [5.41, 5.74) is 1.20. The second-order valence-corrected chi connectivity index (χ2v) is 6.77. The number of hydrogen-bond donors (Lipinski definition) is 0. The van der Waals surface area contributed by atoms with Crippen molar-refractivity contribution in [2.45, 2.75) is 26.6 Å². The van der Waals surface area contributed by atoms with Gasteiger partial charge < -0.3 is 14.2 Å². The van der Waals surface area contributed by atoms with E-state index in [4.69, 9.17) is 9.26 Å². The summed E-state index contributed by atoms with van der Waals surface area (Å²) >= 11 is 0. The maximum absolute atomic E-state index is 12.6. The van der Waals surface area contributed by atoms with Crippen LogP contribution in [0.1, 0.15) is 22.6 Å². The highest BCUT2D eigenvalue weighted by Gasteiger charge is 2.30. The van der Waals surface area contributed by atoms with E-state index >= 15 is 0 Å². The molecular weight excluding hydrogens is 375 g/mol. The lowest BCUT2D eigenvalue weighted by Crippen LogP contribution is -2.49. The molecule has 0 N–H and O–H groups in total. The molecule has 0 bridgehead atoms. The number of amides is 1. The van der Waals surface area contributed by atoms with E-state index < -0.39 is 11.7 Å². The number of piperazine rings is 1. The van der Waals surface area contributed by atoms with E-state index in [9.17, 15) is 18.0 Å². The van der Waals surface area contributed by atoms with Gasteiger partial charge in [0.25, 0.3) is 5.91 Å². The van der Waals surface area contributed by atoms with E-state index in [1.165, 1.54) is 12.1 Å². The molecule has 1 amide bonds. The highest BCUT2D eigenvalue weighted by molar-refractivity contribution is 5.77. The number of nitrogens with zero attached hydrogens (tertiary/aromatic N) is 3. The van der Waals surface area contributed by atoms with Crippen LogP contribution in [0.3, 0.4) is 0 Å². The van der Waals surface area contributed by atoms with E-state index in [2.05, 4.69) is 10.1 Å². The maximum Gasteiger partial charge on any atom is 0.416 e. The Hall–Kier alpha value is -2.55. The first-order chi connectivity index (χ1) is 13.2. The smallest absolute Gasteiger partial charge is 0.416 e. The quantitative estimate of drug-likeness (QED) is 0.776. The van der Waals surface area contributed by atoms with E-state index in [1.54, 1.807) is 4.90 Å². The van der Waals surface area contributed by atoms with Gasteiger partial charge in [0.1, 0.15) is 11.5 Å². The number of aryl methyl sites for hydroxylation is 2. The summed E-state index contributed by atoms with van der Waals surface area (Å²) in [6.07, 6.45) is -4.39. The molecule has 0 saturated carbocycles. The second-order valence-electron chi connectivity index (χ2n) is 6.77. The van der Waals surface area contributed by atoms with Gasteiger partial charge in [-0.3, -0.25) is 9.69 Å². The average molecular weight is 397 g/mol. The molecule has 1 aliphatic heterocycles. The van der Waals surface area contributed by atoms with Crippen molar-refractivity contribution < 1.29 is 27.2 Å². The third kappa shape index (κ3) is 4.83. The summed E-state index contributed by atoms with van der Waals surface area (Å²) in [7, 11) is 0. The lowest BCUT2D eigenvalue weighted by atomic mass is 10.2. The predicted molar refractivity (Wildman–Crippen MR) is 94.8 cm³/mol. The Morgan fingerprint density at radius 1 is 1.14 bits per heavy atom. The minimum atomic E-state index is -4.39. The minimum Gasteiger partial charge on any atom is -0.484 e. The van der Waals surface area contributed by atoms with Crippen LogP contribution in [0.15, 0.2) is 28.8 Å². The highest BCUT2D eigenvalue weighted by Crippen LogP contribution is 2.30. The number of ether oxygens (including phenoxy) is 1. The molecule has 152 valence electrons. The SMILES string of the molecule is Cc1noc(C)c1CN1CCN(C(=O)COc2ccc(C(F)(F)F)cc2)CC1. The van der Waals surface area contributed by atoms with Crippen molar-refractivity contribution in [2.75, 3.05) is 32.8 Å². The van der Waals surface area contributed by atoms with Gasteiger partial charge in [0, 0.05) is 38.3 Å². The van der Waals surface area contributed by atoms with Crippen molar-refractivity contribution in [3.8, 4) is 5.75 Å². The normalized spacial score (nSPS) is 15.7. The first kappa shape index (κ1) is 20.2. The molecule has 1 aromatic heterocycles. The van der Waals surface area contributed by atoms with Crippen LogP contribution in [0.25, 0.3) is 0 Å². The summed E-state index contributed by atoms with van der Waals surface area (Å²) in [4.78, 5) is 16.2. The fraction of sp³-hybridized carbons (Fsp3) is 0.474. The van der Waals surface area contributed by atoms with Crippen LogP contribution >= 0.6 is 0 Å². The highest BCUT2D eigenvalue weighted by atomic mass is 19.4. The Bertz CT molecular complexity index is 791. The molecule has 1 saturated heterocycles. The Kier molecular flexibility index (Phi) is 5.93. The number of carbonyl (C=O) groups excluding carboxylic acids is 1. The fourth-order valence-corrected chi connectivity index (χ4v) is 3.08. The summed E-state index contributed by atoms with van der Waals surface area (Å²) in [5.74, 6) is 0.858. The molecule has 0 radical (unpaired) electrons. The number of hydrogen-bond acceptors (Lipinski definition) is 5. The van der Waals surface area contributed by atoms with Gasteiger partial charge in [0.2, 0.25) is 0 Å². The lowest BCUT2D eigenvalue weighted by Gasteiger charge is -2.34. The van der Waals surface area contributed by atoms with Crippen LogP contribution in [0.4, 0.5) is 13.2 Å². The molecule has 0 spiro atoms. The zero-order valence-corrected chi connectivity index (χ0v) is 15.8. The average Bonchev–Trinajstić information content (AvgIpc) is 2.98. The Morgan fingerprint density at radius 2 is 1.79 bits per heavy atom. The van der Waals surface area contributed by atoms with Crippen molar-refractivity contribution in [3.63, 3.8) is 0 Å². The number of halogens is 3. The third-order valence-corrected chi connectivity index (χ3v) is 4.83. The van der Waals surface area contributed by atoms with Gasteiger partial charge in [-0.15, -0.1) is 0 Å². The molecule has 0 atom stereocenters. The van der Waals surface area contributed by atoms with Crippen LogP contribution in [0.5, 0.6) is 5.75 Å². The molecule has 1 fully saturated rings. The topological polar surface area (TPSA) is 58.8 Å². The first-order valence-corrected chi connectivity index (χ1v) is 8.96. The van der Waals surface area contributed by atoms with Crippen LogP contribution in [0.2, 0.25) is 0 Å². The standard InChI is InChI=1S/C19H22F3N3O3/c1-13-17(14(2)28-23-13)11-24-7-9-25(10-8-24)18(26)12-27-16-5-3-15(4-6-16)19(20,21)22/h3-6H,7-12H2,1-2H3. The van der Waals surface area contributed by atoms with Crippen LogP contribution in [0, 0.1) is 13.8 Å². The molecule has 0 unspecified atom stereocenters. The van der Waals surface area contributed by atoms with Crippen molar-refractivity contribution >= 4 is 5.91 Å². The van der Waals surface area contributed by atoms with Crippen LogP contribution < -0.4 is 4.74 Å². The van der Waals surface area contributed by atoms with Crippen molar-refractivity contribution in [1.29, 1.82) is 0 Å². The largest absolute Gasteiger partial charge is 0.484 e. The van der Waals surface area contributed by atoms with Crippen molar-refractivity contribution in [3.05, 3.63) is 46.8 Å². The molecule has 9 heteroatoms.